The molecule has 1 fully saturated rings. The highest BCUT2D eigenvalue weighted by Gasteiger charge is 2.27. The third kappa shape index (κ3) is 5.32. The molecule has 0 aliphatic carbocycles. The van der Waals surface area contributed by atoms with Crippen molar-refractivity contribution >= 4 is 27.7 Å². The Kier molecular flexibility index (Phi) is 6.50. The summed E-state index contributed by atoms with van der Waals surface area (Å²) in [5.74, 6) is 0.585. The molecule has 5 nitrogen and oxygen atoms in total. The first kappa shape index (κ1) is 19.4. The van der Waals surface area contributed by atoms with Gasteiger partial charge in [0.2, 0.25) is 0 Å². The Bertz CT molecular complexity index is 772. The van der Waals surface area contributed by atoms with E-state index in [1.165, 1.54) is 0 Å². The summed E-state index contributed by atoms with van der Waals surface area (Å²) >= 11 is 3.38. The Morgan fingerprint density at radius 3 is 2.33 bits per heavy atom. The first-order valence-electron chi connectivity index (χ1n) is 9.10. The van der Waals surface area contributed by atoms with E-state index in [0.717, 1.165) is 17.3 Å². The monoisotopic (exact) mass is 430 g/mol. The van der Waals surface area contributed by atoms with Crippen LogP contribution in [0.15, 0.2) is 59.1 Å². The minimum absolute atomic E-state index is 0.0224. The molecule has 0 unspecified atom stereocenters. The summed E-state index contributed by atoms with van der Waals surface area (Å²) < 4.78 is 6.72. The molecule has 1 atom stereocenters. The van der Waals surface area contributed by atoms with Gasteiger partial charge >= 0.3 is 0 Å². The maximum atomic E-state index is 12.6. The minimum atomic E-state index is -0.540. The fourth-order valence-corrected chi connectivity index (χ4v) is 3.39. The number of likely N-dealkylation sites (tertiary alicyclic amines) is 1. The van der Waals surface area contributed by atoms with Crippen LogP contribution < -0.4 is 10.1 Å². The van der Waals surface area contributed by atoms with E-state index < -0.39 is 6.10 Å². The molecule has 0 aromatic heterocycles. The number of hydrogen-bond acceptors (Lipinski definition) is 3. The van der Waals surface area contributed by atoms with Gasteiger partial charge in [-0.2, -0.15) is 0 Å². The van der Waals surface area contributed by atoms with Crippen molar-refractivity contribution in [3.63, 3.8) is 0 Å². The normalized spacial score (nSPS) is 15.9. The van der Waals surface area contributed by atoms with Gasteiger partial charge < -0.3 is 15.0 Å². The van der Waals surface area contributed by atoms with Crippen LogP contribution in [0.4, 0.5) is 0 Å². The van der Waals surface area contributed by atoms with Crippen molar-refractivity contribution in [3.05, 3.63) is 64.6 Å². The third-order valence-electron chi connectivity index (χ3n) is 4.65. The SMILES string of the molecule is C[C@@H](Oc1ccc(Br)cc1)C(=O)N1CCC(NC(=O)c2ccccc2)CC1. The number of halogens is 1. The maximum Gasteiger partial charge on any atom is 0.263 e. The van der Waals surface area contributed by atoms with Crippen LogP contribution in [0.25, 0.3) is 0 Å². The molecular weight excluding hydrogens is 408 g/mol. The molecule has 0 saturated carbocycles. The van der Waals surface area contributed by atoms with Crippen molar-refractivity contribution in [2.24, 2.45) is 0 Å². The lowest BCUT2D eigenvalue weighted by Crippen LogP contribution is -2.49. The van der Waals surface area contributed by atoms with Crippen molar-refractivity contribution in [3.8, 4) is 5.75 Å². The molecule has 0 radical (unpaired) electrons. The smallest absolute Gasteiger partial charge is 0.263 e. The number of rotatable bonds is 5. The van der Waals surface area contributed by atoms with Gasteiger partial charge in [0.25, 0.3) is 11.8 Å². The second kappa shape index (κ2) is 9.04. The predicted octanol–water partition coefficient (Wildman–Crippen LogP) is 3.64. The van der Waals surface area contributed by atoms with Crippen molar-refractivity contribution in [2.75, 3.05) is 13.1 Å². The van der Waals surface area contributed by atoms with E-state index >= 15 is 0 Å². The summed E-state index contributed by atoms with van der Waals surface area (Å²) in [7, 11) is 0. The quantitative estimate of drug-likeness (QED) is 0.787. The second-order valence-electron chi connectivity index (χ2n) is 6.65. The number of carbonyl (C=O) groups is 2. The Labute approximate surface area is 167 Å². The summed E-state index contributed by atoms with van der Waals surface area (Å²) in [6.07, 6.45) is 0.951. The van der Waals surface area contributed by atoms with E-state index in [9.17, 15) is 9.59 Å². The fourth-order valence-electron chi connectivity index (χ4n) is 3.13. The lowest BCUT2D eigenvalue weighted by Gasteiger charge is -2.33. The van der Waals surface area contributed by atoms with E-state index in [0.29, 0.717) is 24.4 Å². The highest BCUT2D eigenvalue weighted by atomic mass is 79.9. The van der Waals surface area contributed by atoms with E-state index in [1.54, 1.807) is 19.1 Å². The number of nitrogens with zero attached hydrogens (tertiary/aromatic N) is 1. The molecule has 2 aromatic rings. The van der Waals surface area contributed by atoms with Crippen LogP contribution in [0.1, 0.15) is 30.1 Å². The highest BCUT2D eigenvalue weighted by molar-refractivity contribution is 9.10. The zero-order chi connectivity index (χ0) is 19.2. The molecule has 0 bridgehead atoms. The van der Waals surface area contributed by atoms with Crippen LogP contribution in [-0.4, -0.2) is 41.9 Å². The summed E-state index contributed by atoms with van der Waals surface area (Å²) in [4.78, 5) is 26.7. The molecule has 3 rings (SSSR count). The number of ether oxygens (including phenoxy) is 1. The third-order valence-corrected chi connectivity index (χ3v) is 5.18. The van der Waals surface area contributed by atoms with Crippen molar-refractivity contribution in [2.45, 2.75) is 31.9 Å². The number of amides is 2. The summed E-state index contributed by atoms with van der Waals surface area (Å²) in [6, 6.07) is 16.7. The highest BCUT2D eigenvalue weighted by Crippen LogP contribution is 2.19. The van der Waals surface area contributed by atoms with Crippen LogP contribution in [0, 0.1) is 0 Å². The van der Waals surface area contributed by atoms with Gasteiger partial charge in [-0.1, -0.05) is 34.1 Å². The molecule has 1 saturated heterocycles. The Balaban J connectivity index is 1.47. The molecule has 1 aliphatic heterocycles. The maximum absolute atomic E-state index is 12.6. The van der Waals surface area contributed by atoms with Gasteiger partial charge in [0, 0.05) is 29.2 Å². The van der Waals surface area contributed by atoms with Gasteiger partial charge in [0.1, 0.15) is 5.75 Å². The van der Waals surface area contributed by atoms with Crippen molar-refractivity contribution in [1.82, 2.24) is 10.2 Å². The van der Waals surface area contributed by atoms with Crippen LogP contribution in [0.2, 0.25) is 0 Å². The Hall–Kier alpha value is -2.34. The molecule has 1 heterocycles. The molecule has 2 aromatic carbocycles. The number of carbonyl (C=O) groups excluding carboxylic acids is 2. The second-order valence-corrected chi connectivity index (χ2v) is 7.57. The lowest BCUT2D eigenvalue weighted by atomic mass is 10.0. The molecule has 142 valence electrons. The minimum Gasteiger partial charge on any atom is -0.481 e. The first-order chi connectivity index (χ1) is 13.0. The van der Waals surface area contributed by atoms with Crippen molar-refractivity contribution in [1.29, 1.82) is 0 Å². The molecule has 27 heavy (non-hydrogen) atoms. The van der Waals surface area contributed by atoms with E-state index in [1.807, 2.05) is 47.4 Å². The standard InChI is InChI=1S/C21H23BrN2O3/c1-15(27-19-9-7-17(22)8-10-19)21(26)24-13-11-18(12-14-24)23-20(25)16-5-3-2-4-6-16/h2-10,15,18H,11-14H2,1H3,(H,23,25)/t15-/m1/s1. The molecule has 6 heteroatoms. The van der Waals surface area contributed by atoms with Crippen LogP contribution in [0.5, 0.6) is 5.75 Å². The van der Waals surface area contributed by atoms with Gasteiger partial charge in [-0.25, -0.2) is 0 Å². The average Bonchev–Trinajstić information content (AvgIpc) is 2.70. The Morgan fingerprint density at radius 2 is 1.70 bits per heavy atom. The largest absolute Gasteiger partial charge is 0.481 e. The first-order valence-corrected chi connectivity index (χ1v) is 9.89. The number of benzene rings is 2. The number of piperidine rings is 1. The van der Waals surface area contributed by atoms with Gasteiger partial charge in [0.05, 0.1) is 0 Å². The molecule has 1 aliphatic rings. The van der Waals surface area contributed by atoms with E-state index in [4.69, 9.17) is 4.74 Å². The van der Waals surface area contributed by atoms with Crippen molar-refractivity contribution < 1.29 is 14.3 Å². The van der Waals surface area contributed by atoms with E-state index in [-0.39, 0.29) is 17.9 Å². The van der Waals surface area contributed by atoms with Gasteiger partial charge in [-0.15, -0.1) is 0 Å². The van der Waals surface area contributed by atoms with Crippen LogP contribution >= 0.6 is 15.9 Å². The number of hydrogen-bond donors (Lipinski definition) is 1. The zero-order valence-electron chi connectivity index (χ0n) is 15.2. The molecule has 1 N–H and O–H groups in total. The average molecular weight is 431 g/mol. The van der Waals surface area contributed by atoms with Crippen LogP contribution in [0.3, 0.4) is 0 Å². The molecule has 0 spiro atoms. The van der Waals surface area contributed by atoms with E-state index in [2.05, 4.69) is 21.2 Å². The lowest BCUT2D eigenvalue weighted by molar-refractivity contribution is -0.139. The zero-order valence-corrected chi connectivity index (χ0v) is 16.8. The van der Waals surface area contributed by atoms with Crippen LogP contribution in [-0.2, 0) is 4.79 Å². The van der Waals surface area contributed by atoms with Gasteiger partial charge in [-0.3, -0.25) is 9.59 Å². The Morgan fingerprint density at radius 1 is 1.07 bits per heavy atom. The van der Waals surface area contributed by atoms with Gasteiger partial charge in [0.15, 0.2) is 6.10 Å². The molecular formula is C21H23BrN2O3. The van der Waals surface area contributed by atoms with Gasteiger partial charge in [-0.05, 0) is 56.2 Å². The summed E-state index contributed by atoms with van der Waals surface area (Å²) in [5.41, 5.74) is 0.660. The fraction of sp³-hybridized carbons (Fsp3) is 0.333. The topological polar surface area (TPSA) is 58.6 Å². The molecule has 2 amide bonds. The number of nitrogens with one attached hydrogen (secondary N) is 1. The summed E-state index contributed by atoms with van der Waals surface area (Å²) in [5, 5.41) is 3.06. The predicted molar refractivity (Wildman–Crippen MR) is 108 cm³/mol. The summed E-state index contributed by atoms with van der Waals surface area (Å²) in [6.45, 7) is 3.01.